The number of nitrogens with one attached hydrogen (secondary N) is 1. The Balaban J connectivity index is 1.72. The Hall–Kier alpha value is -4.85. The molecule has 2 aliphatic heterocycles. The van der Waals surface area contributed by atoms with Crippen LogP contribution in [0, 0.1) is 0 Å². The maximum atomic E-state index is 12.9. The third-order valence-corrected chi connectivity index (χ3v) is 6.06. The number of imide groups is 1. The zero-order valence-electron chi connectivity index (χ0n) is 18.4. The van der Waals surface area contributed by atoms with Gasteiger partial charge in [0, 0.05) is 41.9 Å². The summed E-state index contributed by atoms with van der Waals surface area (Å²) in [6.07, 6.45) is 13.7. The minimum Gasteiger partial charge on any atom is -0.290 e. The van der Waals surface area contributed by atoms with Crippen molar-refractivity contribution in [2.75, 3.05) is 0 Å². The van der Waals surface area contributed by atoms with Gasteiger partial charge in [0.1, 0.15) is 0 Å². The Morgan fingerprint density at radius 3 is 2.17 bits per heavy atom. The highest BCUT2D eigenvalue weighted by Crippen LogP contribution is 2.39. The van der Waals surface area contributed by atoms with Gasteiger partial charge in [-0.3, -0.25) is 19.7 Å². The van der Waals surface area contributed by atoms with Crippen LogP contribution in [0.3, 0.4) is 0 Å². The zero-order chi connectivity index (χ0) is 23.9. The molecular formula is C27H17N5O3. The number of allylic oxidation sites excluding steroid dienone is 7. The van der Waals surface area contributed by atoms with Crippen LogP contribution in [0.25, 0.3) is 11.1 Å². The van der Waals surface area contributed by atoms with E-state index in [1.54, 1.807) is 42.8 Å². The quantitative estimate of drug-likeness (QED) is 0.555. The third-order valence-electron chi connectivity index (χ3n) is 6.06. The molecule has 4 heterocycles. The molecule has 8 nitrogen and oxygen atoms in total. The number of nitrogens with zero attached hydrogens (tertiary/aromatic N) is 4. The highest BCUT2D eigenvalue weighted by atomic mass is 16.2. The molecule has 2 bridgehead atoms. The first-order valence-electron chi connectivity index (χ1n) is 11.0. The van der Waals surface area contributed by atoms with Gasteiger partial charge in [0.05, 0.1) is 16.8 Å². The van der Waals surface area contributed by atoms with Gasteiger partial charge >= 0.3 is 0 Å². The van der Waals surface area contributed by atoms with Crippen molar-refractivity contribution in [1.82, 2.24) is 15.3 Å². The van der Waals surface area contributed by atoms with Gasteiger partial charge in [-0.1, -0.05) is 12.2 Å². The van der Waals surface area contributed by atoms with E-state index in [0.717, 1.165) is 11.3 Å². The Bertz CT molecular complexity index is 1770. The summed E-state index contributed by atoms with van der Waals surface area (Å²) in [4.78, 5) is 55.8. The van der Waals surface area contributed by atoms with Crippen LogP contribution < -0.4 is 26.7 Å². The topological polar surface area (TPSA) is 114 Å². The molecule has 2 aliphatic carbocycles. The number of fused-ring (bicyclic) bond motifs is 6. The molecule has 168 valence electrons. The molecule has 8 heteroatoms. The number of hydrogen-bond donors (Lipinski definition) is 1. The lowest BCUT2D eigenvalue weighted by molar-refractivity contribution is -0.124. The average molecular weight is 459 g/mol. The lowest BCUT2D eigenvalue weighted by atomic mass is 10.0. The summed E-state index contributed by atoms with van der Waals surface area (Å²) in [5.74, 6) is -1.02. The van der Waals surface area contributed by atoms with Crippen LogP contribution in [-0.2, 0) is 14.4 Å². The van der Waals surface area contributed by atoms with E-state index in [-0.39, 0.29) is 5.78 Å². The smallest absolute Gasteiger partial charge is 0.259 e. The maximum absolute atomic E-state index is 12.9. The van der Waals surface area contributed by atoms with Crippen LogP contribution in [-0.4, -0.2) is 27.6 Å². The van der Waals surface area contributed by atoms with E-state index in [1.807, 2.05) is 12.1 Å². The molecule has 0 radical (unpaired) electrons. The van der Waals surface area contributed by atoms with Gasteiger partial charge in [-0.05, 0) is 59.2 Å². The van der Waals surface area contributed by atoms with E-state index in [2.05, 4.69) is 20.3 Å². The Labute approximate surface area is 198 Å². The summed E-state index contributed by atoms with van der Waals surface area (Å²) in [5, 5.41) is 3.77. The van der Waals surface area contributed by atoms with Crippen molar-refractivity contribution in [2.24, 2.45) is 9.98 Å². The van der Waals surface area contributed by atoms with Gasteiger partial charge in [-0.15, -0.1) is 0 Å². The summed E-state index contributed by atoms with van der Waals surface area (Å²) in [6, 6.07) is 7.23. The fraction of sp³-hybridized carbons (Fsp3) is 0.0741. The fourth-order valence-electron chi connectivity index (χ4n) is 4.38. The third kappa shape index (κ3) is 3.71. The van der Waals surface area contributed by atoms with Gasteiger partial charge in [0.2, 0.25) is 0 Å². The average Bonchev–Trinajstić information content (AvgIpc) is 3.36. The number of amides is 2. The van der Waals surface area contributed by atoms with Crippen LogP contribution in [0.4, 0.5) is 0 Å². The molecule has 2 aromatic heterocycles. The number of ketones is 1. The molecule has 0 saturated heterocycles. The number of hydrogen-bond acceptors (Lipinski definition) is 7. The normalized spacial score (nSPS) is 25.0. The molecule has 0 atom stereocenters. The molecule has 0 spiro atoms. The van der Waals surface area contributed by atoms with Crippen molar-refractivity contribution in [2.45, 2.75) is 12.8 Å². The second-order valence-electron chi connectivity index (χ2n) is 8.24. The van der Waals surface area contributed by atoms with E-state index in [9.17, 15) is 14.4 Å². The Kier molecular flexibility index (Phi) is 4.84. The van der Waals surface area contributed by atoms with Crippen LogP contribution in [0.2, 0.25) is 0 Å². The first-order valence-corrected chi connectivity index (χ1v) is 11.0. The van der Waals surface area contributed by atoms with Gasteiger partial charge in [-0.25, -0.2) is 20.0 Å². The molecule has 1 N–H and O–H groups in total. The largest absolute Gasteiger partial charge is 0.290 e. The van der Waals surface area contributed by atoms with Crippen LogP contribution in [0.15, 0.2) is 106 Å². The molecule has 0 aromatic carbocycles. The predicted molar refractivity (Wildman–Crippen MR) is 126 cm³/mol. The molecular weight excluding hydrogens is 442 g/mol. The van der Waals surface area contributed by atoms with Crippen molar-refractivity contribution in [1.29, 1.82) is 0 Å². The molecule has 0 saturated carbocycles. The molecule has 2 amide bonds. The number of rotatable bonds is 0. The van der Waals surface area contributed by atoms with E-state index >= 15 is 0 Å². The molecule has 0 unspecified atom stereocenters. The van der Waals surface area contributed by atoms with Gasteiger partial charge in [0.25, 0.3) is 11.8 Å². The summed E-state index contributed by atoms with van der Waals surface area (Å²) in [5.41, 5.74) is 4.70. The molecule has 6 rings (SSSR count). The number of aromatic nitrogens is 2. The standard InChI is InChI=1S/C27H17N5O3/c33-16-5-1-2-10-28-24-17(6-3-11-29-24)19-14-20(23-22(19)26(34)32-27(23)35)18-7-4-12-30-25(18)31-21-13-15(21)8-9-16/h1-12H,13-14H2,(H,32,34,35)/b5-1-,9-8-,10-2-,19-17-,20-18?,28-24+,31-25+. The minimum absolute atomic E-state index is 0.152. The lowest BCUT2D eigenvalue weighted by Crippen LogP contribution is -2.34. The van der Waals surface area contributed by atoms with Crippen LogP contribution >= 0.6 is 0 Å². The summed E-state index contributed by atoms with van der Waals surface area (Å²) in [6.45, 7) is 0. The number of pyridine rings is 2. The van der Waals surface area contributed by atoms with E-state index in [0.29, 0.717) is 56.5 Å². The Morgan fingerprint density at radius 1 is 0.743 bits per heavy atom. The van der Waals surface area contributed by atoms with Crippen molar-refractivity contribution in [3.63, 3.8) is 0 Å². The first-order chi connectivity index (χ1) is 17.1. The number of carbonyl (C=O) groups is 3. The second-order valence-corrected chi connectivity index (χ2v) is 8.24. The van der Waals surface area contributed by atoms with Gasteiger partial charge in [-0.2, -0.15) is 0 Å². The van der Waals surface area contributed by atoms with Crippen molar-refractivity contribution >= 4 is 28.7 Å². The highest BCUT2D eigenvalue weighted by Gasteiger charge is 2.40. The predicted octanol–water partition coefficient (Wildman–Crippen LogP) is -0.0593. The SMILES string of the molecule is O=C1\C=C/C=C\N=c2\nccc\c2=C2/CC(=c3cccn/c3=N/C3=C(/C=C\1)C3)C1=C2C(=O)NC1=O. The monoisotopic (exact) mass is 459 g/mol. The van der Waals surface area contributed by atoms with E-state index in [4.69, 9.17) is 4.99 Å². The first kappa shape index (κ1) is 20.7. The maximum Gasteiger partial charge on any atom is 0.259 e. The molecule has 0 fully saturated rings. The summed E-state index contributed by atoms with van der Waals surface area (Å²) >= 11 is 0. The summed E-state index contributed by atoms with van der Waals surface area (Å²) < 4.78 is 0. The van der Waals surface area contributed by atoms with E-state index in [1.165, 1.54) is 18.4 Å². The highest BCUT2D eigenvalue weighted by molar-refractivity contribution is 6.33. The van der Waals surface area contributed by atoms with Crippen LogP contribution in [0.1, 0.15) is 12.8 Å². The lowest BCUT2D eigenvalue weighted by Gasteiger charge is -2.05. The fourth-order valence-corrected chi connectivity index (χ4v) is 4.38. The molecule has 2 aromatic rings. The van der Waals surface area contributed by atoms with Crippen molar-refractivity contribution in [3.8, 4) is 0 Å². The van der Waals surface area contributed by atoms with Gasteiger partial charge < -0.3 is 0 Å². The Morgan fingerprint density at radius 2 is 1.43 bits per heavy atom. The number of carbonyl (C=O) groups excluding carboxylic acids is 3. The minimum atomic E-state index is -0.438. The van der Waals surface area contributed by atoms with E-state index < -0.39 is 11.8 Å². The van der Waals surface area contributed by atoms with Gasteiger partial charge in [0.15, 0.2) is 16.8 Å². The van der Waals surface area contributed by atoms with Crippen molar-refractivity contribution < 1.29 is 14.4 Å². The zero-order valence-corrected chi connectivity index (χ0v) is 18.4. The second kappa shape index (κ2) is 8.18. The van der Waals surface area contributed by atoms with Crippen LogP contribution in [0.5, 0.6) is 0 Å². The molecule has 35 heavy (non-hydrogen) atoms. The molecule has 4 aliphatic rings. The summed E-state index contributed by atoms with van der Waals surface area (Å²) in [7, 11) is 0. The van der Waals surface area contributed by atoms with Crippen molar-refractivity contribution in [3.05, 3.63) is 117 Å².